The third kappa shape index (κ3) is 5.45. The van der Waals surface area contributed by atoms with Crippen molar-refractivity contribution in [2.45, 2.75) is 58.0 Å². The number of hydrogen-bond donors (Lipinski definition) is 1. The molecule has 9 heteroatoms. The average molecular weight is 439 g/mol. The standard InChI is InChI=1S/C22H25F4N3O2/c1-3-6-15(4-2)28-21(30)18-13-29(17-8-5-7-16(23)20(17)31-18)12-14-9-10-19(27-11-14)22(24,25)26/h5,7-11,15,18H,3-4,6,12-13H2,1-2H3,(H,28,30). The quantitative estimate of drug-likeness (QED) is 0.636. The zero-order valence-electron chi connectivity index (χ0n) is 17.4. The van der Waals surface area contributed by atoms with E-state index in [-0.39, 0.29) is 30.8 Å². The molecule has 0 radical (unpaired) electrons. The predicted molar refractivity (Wildman–Crippen MR) is 108 cm³/mol. The third-order valence-corrected chi connectivity index (χ3v) is 5.19. The molecule has 1 aliphatic rings. The van der Waals surface area contributed by atoms with Gasteiger partial charge in [-0.25, -0.2) is 4.39 Å². The maximum Gasteiger partial charge on any atom is 0.433 e. The second-order valence-electron chi connectivity index (χ2n) is 7.53. The summed E-state index contributed by atoms with van der Waals surface area (Å²) in [6, 6.07) is 6.63. The molecule has 0 bridgehead atoms. The van der Waals surface area contributed by atoms with Gasteiger partial charge in [-0.2, -0.15) is 13.2 Å². The Hall–Kier alpha value is -2.84. The van der Waals surface area contributed by atoms with Gasteiger partial charge >= 0.3 is 6.18 Å². The van der Waals surface area contributed by atoms with Crippen LogP contribution in [0.1, 0.15) is 44.4 Å². The number of hydrogen-bond acceptors (Lipinski definition) is 4. The van der Waals surface area contributed by atoms with Gasteiger partial charge < -0.3 is 15.0 Å². The fraction of sp³-hybridized carbons (Fsp3) is 0.455. The van der Waals surface area contributed by atoms with E-state index in [9.17, 15) is 22.4 Å². The highest BCUT2D eigenvalue weighted by atomic mass is 19.4. The van der Waals surface area contributed by atoms with Crippen LogP contribution in [0.5, 0.6) is 5.75 Å². The molecule has 1 aromatic heterocycles. The van der Waals surface area contributed by atoms with Crippen LogP contribution < -0.4 is 15.0 Å². The van der Waals surface area contributed by atoms with E-state index in [4.69, 9.17) is 4.74 Å². The molecule has 0 saturated carbocycles. The Labute approximate surface area is 178 Å². The van der Waals surface area contributed by atoms with Crippen molar-refractivity contribution in [1.29, 1.82) is 0 Å². The zero-order chi connectivity index (χ0) is 22.6. The molecule has 0 spiro atoms. The van der Waals surface area contributed by atoms with Crippen LogP contribution >= 0.6 is 0 Å². The van der Waals surface area contributed by atoms with Gasteiger partial charge in [0.15, 0.2) is 17.7 Å². The summed E-state index contributed by atoms with van der Waals surface area (Å²) in [5, 5.41) is 2.95. The first-order chi connectivity index (χ1) is 14.7. The number of nitrogens with one attached hydrogen (secondary N) is 1. The van der Waals surface area contributed by atoms with Gasteiger partial charge in [-0.05, 0) is 36.6 Å². The lowest BCUT2D eigenvalue weighted by Crippen LogP contribution is -2.51. The van der Waals surface area contributed by atoms with Crippen LogP contribution in [0.25, 0.3) is 0 Å². The number of halogens is 4. The van der Waals surface area contributed by atoms with E-state index in [0.717, 1.165) is 31.5 Å². The lowest BCUT2D eigenvalue weighted by atomic mass is 10.1. The minimum Gasteiger partial charge on any atom is -0.473 e. The molecule has 0 saturated heterocycles. The zero-order valence-corrected chi connectivity index (χ0v) is 17.4. The molecule has 0 aliphatic carbocycles. The fourth-order valence-electron chi connectivity index (χ4n) is 3.55. The minimum atomic E-state index is -4.52. The van der Waals surface area contributed by atoms with Crippen molar-refractivity contribution in [3.8, 4) is 5.75 Å². The first-order valence-electron chi connectivity index (χ1n) is 10.3. The summed E-state index contributed by atoms with van der Waals surface area (Å²) in [5.41, 5.74) is -0.0466. The molecule has 1 N–H and O–H groups in total. The molecule has 1 aliphatic heterocycles. The van der Waals surface area contributed by atoms with Crippen molar-refractivity contribution in [2.75, 3.05) is 11.4 Å². The van der Waals surface area contributed by atoms with E-state index in [1.807, 2.05) is 13.8 Å². The van der Waals surface area contributed by atoms with Crippen LogP contribution in [-0.4, -0.2) is 29.6 Å². The molecule has 1 amide bonds. The Morgan fingerprint density at radius 3 is 2.68 bits per heavy atom. The Morgan fingerprint density at radius 1 is 1.29 bits per heavy atom. The van der Waals surface area contributed by atoms with Gasteiger partial charge in [0.05, 0.1) is 12.2 Å². The van der Waals surface area contributed by atoms with Crippen LogP contribution in [0.15, 0.2) is 36.5 Å². The summed E-state index contributed by atoms with van der Waals surface area (Å²) in [4.78, 5) is 18.0. The largest absolute Gasteiger partial charge is 0.473 e. The van der Waals surface area contributed by atoms with E-state index < -0.39 is 23.8 Å². The number of rotatable bonds is 7. The maximum atomic E-state index is 14.4. The van der Waals surface area contributed by atoms with Crippen LogP contribution in [0.2, 0.25) is 0 Å². The van der Waals surface area contributed by atoms with Gasteiger partial charge in [-0.15, -0.1) is 0 Å². The molecule has 31 heavy (non-hydrogen) atoms. The van der Waals surface area contributed by atoms with Gasteiger partial charge in [-0.1, -0.05) is 32.4 Å². The summed E-state index contributed by atoms with van der Waals surface area (Å²) < 4.78 is 58.4. The number of alkyl halides is 3. The molecule has 2 aromatic rings. The Morgan fingerprint density at radius 2 is 2.06 bits per heavy atom. The van der Waals surface area contributed by atoms with E-state index in [1.165, 1.54) is 18.2 Å². The number of aromatic nitrogens is 1. The molecule has 168 valence electrons. The number of para-hydroxylation sites is 1. The number of fused-ring (bicyclic) bond motifs is 1. The molecule has 1 aromatic carbocycles. The van der Waals surface area contributed by atoms with Crippen molar-refractivity contribution in [1.82, 2.24) is 10.3 Å². The number of nitrogens with zero attached hydrogens (tertiary/aromatic N) is 2. The average Bonchev–Trinajstić information content (AvgIpc) is 2.73. The summed E-state index contributed by atoms with van der Waals surface area (Å²) in [6.45, 7) is 4.28. The Balaban J connectivity index is 1.82. The number of anilines is 1. The van der Waals surface area contributed by atoms with Crippen molar-refractivity contribution in [3.63, 3.8) is 0 Å². The normalized spacial score (nSPS) is 17.0. The summed E-state index contributed by atoms with van der Waals surface area (Å²) in [7, 11) is 0. The van der Waals surface area contributed by atoms with E-state index in [0.29, 0.717) is 11.3 Å². The predicted octanol–water partition coefficient (Wildman–Crippen LogP) is 4.70. The lowest BCUT2D eigenvalue weighted by molar-refractivity contribution is -0.141. The third-order valence-electron chi connectivity index (χ3n) is 5.19. The maximum absolute atomic E-state index is 14.4. The van der Waals surface area contributed by atoms with E-state index in [2.05, 4.69) is 10.3 Å². The van der Waals surface area contributed by atoms with Crippen molar-refractivity contribution >= 4 is 11.6 Å². The monoisotopic (exact) mass is 439 g/mol. The highest BCUT2D eigenvalue weighted by molar-refractivity contribution is 5.83. The van der Waals surface area contributed by atoms with Gasteiger partial charge in [-0.3, -0.25) is 9.78 Å². The first kappa shape index (κ1) is 22.8. The number of carbonyl (C=O) groups excluding carboxylic acids is 1. The molecular weight excluding hydrogens is 414 g/mol. The lowest BCUT2D eigenvalue weighted by Gasteiger charge is -2.36. The highest BCUT2D eigenvalue weighted by Crippen LogP contribution is 2.37. The Kier molecular flexibility index (Phi) is 7.02. The topological polar surface area (TPSA) is 54.5 Å². The molecule has 2 heterocycles. The molecule has 5 nitrogen and oxygen atoms in total. The smallest absolute Gasteiger partial charge is 0.433 e. The van der Waals surface area contributed by atoms with Gasteiger partial charge in [0.1, 0.15) is 5.69 Å². The molecule has 2 atom stereocenters. The van der Waals surface area contributed by atoms with Crippen LogP contribution in [0.3, 0.4) is 0 Å². The van der Waals surface area contributed by atoms with Crippen molar-refractivity contribution < 1.29 is 27.1 Å². The molecule has 2 unspecified atom stereocenters. The Bertz CT molecular complexity index is 903. The molecular formula is C22H25F4N3O2. The summed E-state index contributed by atoms with van der Waals surface area (Å²) in [6.07, 6.45) is -1.84. The SMILES string of the molecule is CCCC(CC)NC(=O)C1CN(Cc2ccc(C(F)(F)F)nc2)c2cccc(F)c2O1. The number of pyridine rings is 1. The second kappa shape index (κ2) is 9.53. The molecule has 0 fully saturated rings. The summed E-state index contributed by atoms with van der Waals surface area (Å²) >= 11 is 0. The van der Waals surface area contributed by atoms with Gasteiger partial charge in [0.25, 0.3) is 5.91 Å². The molecule has 3 rings (SSSR count). The fourth-order valence-corrected chi connectivity index (χ4v) is 3.55. The number of benzene rings is 1. The van der Waals surface area contributed by atoms with Gasteiger partial charge in [0.2, 0.25) is 0 Å². The summed E-state index contributed by atoms with van der Waals surface area (Å²) in [5.74, 6) is -0.992. The van der Waals surface area contributed by atoms with Crippen LogP contribution in [-0.2, 0) is 17.5 Å². The van der Waals surface area contributed by atoms with Crippen molar-refractivity contribution in [3.05, 3.63) is 53.6 Å². The number of ether oxygens (including phenoxy) is 1. The minimum absolute atomic E-state index is 0.00400. The van der Waals surface area contributed by atoms with E-state index >= 15 is 0 Å². The first-order valence-corrected chi connectivity index (χ1v) is 10.3. The second-order valence-corrected chi connectivity index (χ2v) is 7.53. The van der Waals surface area contributed by atoms with Crippen molar-refractivity contribution in [2.24, 2.45) is 0 Å². The number of amides is 1. The van der Waals surface area contributed by atoms with Crippen LogP contribution in [0, 0.1) is 5.82 Å². The highest BCUT2D eigenvalue weighted by Gasteiger charge is 2.34. The van der Waals surface area contributed by atoms with Gasteiger partial charge in [0, 0.05) is 18.8 Å². The van der Waals surface area contributed by atoms with E-state index in [1.54, 1.807) is 11.0 Å². The number of carbonyl (C=O) groups is 1. The van der Waals surface area contributed by atoms with Crippen LogP contribution in [0.4, 0.5) is 23.2 Å².